The maximum Gasteiger partial charge on any atom is 0.326 e. The SMILES string of the molecule is O=C(O)C[C@@H]1[C@@H](C(=O)O)NC(=O)[C@H]1c1ccccc1. The molecule has 1 aliphatic heterocycles. The minimum absolute atomic E-state index is 0.366. The lowest BCUT2D eigenvalue weighted by atomic mass is 9.82. The van der Waals surface area contributed by atoms with Crippen molar-refractivity contribution < 1.29 is 24.6 Å². The molecule has 0 aliphatic carbocycles. The molecule has 2 rings (SSSR count). The van der Waals surface area contributed by atoms with Gasteiger partial charge in [0.2, 0.25) is 5.91 Å². The van der Waals surface area contributed by atoms with Crippen molar-refractivity contribution in [2.24, 2.45) is 5.92 Å². The fourth-order valence-electron chi connectivity index (χ4n) is 2.48. The van der Waals surface area contributed by atoms with Crippen LogP contribution < -0.4 is 5.32 Å². The van der Waals surface area contributed by atoms with E-state index < -0.39 is 35.7 Å². The van der Waals surface area contributed by atoms with Gasteiger partial charge in [0.05, 0.1) is 12.3 Å². The van der Waals surface area contributed by atoms with E-state index in [2.05, 4.69) is 5.32 Å². The lowest BCUT2D eigenvalue weighted by Gasteiger charge is -2.18. The van der Waals surface area contributed by atoms with Crippen LogP contribution in [0.4, 0.5) is 0 Å². The molecule has 3 atom stereocenters. The highest BCUT2D eigenvalue weighted by atomic mass is 16.4. The van der Waals surface area contributed by atoms with E-state index in [-0.39, 0.29) is 6.42 Å². The Morgan fingerprint density at radius 2 is 1.79 bits per heavy atom. The molecule has 19 heavy (non-hydrogen) atoms. The molecule has 1 aromatic carbocycles. The quantitative estimate of drug-likeness (QED) is 0.731. The van der Waals surface area contributed by atoms with Gasteiger partial charge in [-0.15, -0.1) is 0 Å². The van der Waals surface area contributed by atoms with Gasteiger partial charge in [0.15, 0.2) is 0 Å². The van der Waals surface area contributed by atoms with Crippen molar-refractivity contribution in [1.82, 2.24) is 5.32 Å². The summed E-state index contributed by atoms with van der Waals surface area (Å²) in [6.07, 6.45) is -0.366. The lowest BCUT2D eigenvalue weighted by molar-refractivity contribution is -0.142. The molecule has 1 aliphatic rings. The summed E-state index contributed by atoms with van der Waals surface area (Å²) in [5.41, 5.74) is 0.634. The Morgan fingerprint density at radius 1 is 1.16 bits per heavy atom. The molecule has 1 aromatic rings. The highest BCUT2D eigenvalue weighted by Gasteiger charge is 2.47. The molecule has 6 nitrogen and oxygen atoms in total. The Morgan fingerprint density at radius 3 is 2.32 bits per heavy atom. The van der Waals surface area contributed by atoms with Gasteiger partial charge in [-0.2, -0.15) is 0 Å². The van der Waals surface area contributed by atoms with Gasteiger partial charge in [0.25, 0.3) is 0 Å². The molecule has 100 valence electrons. The number of benzene rings is 1. The van der Waals surface area contributed by atoms with Crippen LogP contribution in [-0.4, -0.2) is 34.1 Å². The summed E-state index contributed by atoms with van der Waals surface area (Å²) >= 11 is 0. The summed E-state index contributed by atoms with van der Waals surface area (Å²) < 4.78 is 0. The normalized spacial score (nSPS) is 25.9. The smallest absolute Gasteiger partial charge is 0.326 e. The number of carboxylic acid groups (broad SMARTS) is 2. The van der Waals surface area contributed by atoms with Gasteiger partial charge in [-0.05, 0) is 5.56 Å². The lowest BCUT2D eigenvalue weighted by Crippen LogP contribution is -2.37. The molecular weight excluding hydrogens is 250 g/mol. The topological polar surface area (TPSA) is 104 Å². The van der Waals surface area contributed by atoms with E-state index in [0.717, 1.165) is 0 Å². The minimum Gasteiger partial charge on any atom is -0.481 e. The first-order chi connectivity index (χ1) is 9.00. The second kappa shape index (κ2) is 5.09. The summed E-state index contributed by atoms with van der Waals surface area (Å²) in [7, 11) is 0. The monoisotopic (exact) mass is 263 g/mol. The Balaban J connectivity index is 2.36. The van der Waals surface area contributed by atoms with Gasteiger partial charge in [-0.1, -0.05) is 30.3 Å². The van der Waals surface area contributed by atoms with Crippen molar-refractivity contribution in [2.45, 2.75) is 18.4 Å². The predicted molar refractivity (Wildman–Crippen MR) is 64.5 cm³/mol. The van der Waals surface area contributed by atoms with Crippen molar-refractivity contribution in [3.05, 3.63) is 35.9 Å². The van der Waals surface area contributed by atoms with E-state index in [1.165, 1.54) is 0 Å². The maximum atomic E-state index is 11.9. The molecule has 0 bridgehead atoms. The molecule has 1 amide bonds. The number of hydrogen-bond donors (Lipinski definition) is 3. The first kappa shape index (κ1) is 13.1. The van der Waals surface area contributed by atoms with Crippen LogP contribution in [0.15, 0.2) is 30.3 Å². The first-order valence-electron chi connectivity index (χ1n) is 5.80. The maximum absolute atomic E-state index is 11.9. The van der Waals surface area contributed by atoms with E-state index in [9.17, 15) is 14.4 Å². The van der Waals surface area contributed by atoms with Crippen molar-refractivity contribution in [3.63, 3.8) is 0 Å². The molecule has 0 aromatic heterocycles. The van der Waals surface area contributed by atoms with Crippen LogP contribution in [-0.2, 0) is 14.4 Å². The van der Waals surface area contributed by atoms with Crippen LogP contribution in [0, 0.1) is 5.92 Å². The zero-order valence-electron chi connectivity index (χ0n) is 9.95. The number of aliphatic carboxylic acids is 2. The third kappa shape index (κ3) is 2.57. The molecule has 3 N–H and O–H groups in total. The van der Waals surface area contributed by atoms with Crippen LogP contribution in [0.25, 0.3) is 0 Å². The molecule has 0 unspecified atom stereocenters. The Labute approximate surface area is 109 Å². The fraction of sp³-hybridized carbons (Fsp3) is 0.308. The summed E-state index contributed by atoms with van der Waals surface area (Å²) in [6, 6.07) is 7.47. The van der Waals surface area contributed by atoms with Crippen LogP contribution in [0.5, 0.6) is 0 Å². The van der Waals surface area contributed by atoms with Crippen LogP contribution in [0.1, 0.15) is 17.9 Å². The second-order valence-corrected chi connectivity index (χ2v) is 4.47. The first-order valence-corrected chi connectivity index (χ1v) is 5.80. The number of carbonyl (C=O) groups is 3. The van der Waals surface area contributed by atoms with Gasteiger partial charge in [0.1, 0.15) is 6.04 Å². The van der Waals surface area contributed by atoms with Crippen molar-refractivity contribution in [1.29, 1.82) is 0 Å². The van der Waals surface area contributed by atoms with Crippen LogP contribution >= 0.6 is 0 Å². The van der Waals surface area contributed by atoms with E-state index in [1.807, 2.05) is 0 Å². The largest absolute Gasteiger partial charge is 0.481 e. The number of carbonyl (C=O) groups excluding carboxylic acids is 1. The Bertz CT molecular complexity index is 513. The van der Waals surface area contributed by atoms with E-state index in [4.69, 9.17) is 10.2 Å². The number of amides is 1. The summed E-state index contributed by atoms with van der Waals surface area (Å²) in [4.78, 5) is 33.9. The number of carboxylic acids is 2. The molecule has 6 heteroatoms. The highest BCUT2D eigenvalue weighted by Crippen LogP contribution is 2.35. The van der Waals surface area contributed by atoms with E-state index in [0.29, 0.717) is 5.56 Å². The Kier molecular flexibility index (Phi) is 3.50. The van der Waals surface area contributed by atoms with Gasteiger partial charge in [-0.25, -0.2) is 4.79 Å². The average Bonchev–Trinajstić information content (AvgIpc) is 2.66. The van der Waals surface area contributed by atoms with Crippen LogP contribution in [0.2, 0.25) is 0 Å². The third-order valence-corrected chi connectivity index (χ3v) is 3.27. The molecule has 1 saturated heterocycles. The van der Waals surface area contributed by atoms with Gasteiger partial charge < -0.3 is 15.5 Å². The van der Waals surface area contributed by atoms with Crippen molar-refractivity contribution >= 4 is 17.8 Å². The van der Waals surface area contributed by atoms with E-state index >= 15 is 0 Å². The summed E-state index contributed by atoms with van der Waals surface area (Å²) in [5, 5.41) is 20.3. The van der Waals surface area contributed by atoms with Crippen LogP contribution in [0.3, 0.4) is 0 Å². The molecule has 1 fully saturated rings. The van der Waals surface area contributed by atoms with Crippen molar-refractivity contribution in [3.8, 4) is 0 Å². The number of hydrogen-bond acceptors (Lipinski definition) is 3. The number of nitrogens with one attached hydrogen (secondary N) is 1. The molecule has 0 radical (unpaired) electrons. The molecule has 0 spiro atoms. The summed E-state index contributed by atoms with van der Waals surface area (Å²) in [5.74, 6) is -4.29. The van der Waals surface area contributed by atoms with E-state index in [1.54, 1.807) is 30.3 Å². The molecule has 1 heterocycles. The molecule has 0 saturated carbocycles. The standard InChI is InChI=1S/C13H13NO5/c15-9(16)6-8-10(7-4-2-1-3-5-7)12(17)14-11(8)13(18)19/h1-5,8,10-11H,6H2,(H,14,17)(H,15,16)(H,18,19)/t8-,10-,11-/m0/s1. The van der Waals surface area contributed by atoms with Crippen molar-refractivity contribution in [2.75, 3.05) is 0 Å². The predicted octanol–water partition coefficient (Wildman–Crippen LogP) is 0.444. The second-order valence-electron chi connectivity index (χ2n) is 4.47. The summed E-state index contributed by atoms with van der Waals surface area (Å²) in [6.45, 7) is 0. The van der Waals surface area contributed by atoms with Gasteiger partial charge in [0, 0.05) is 5.92 Å². The zero-order chi connectivity index (χ0) is 14.0. The van der Waals surface area contributed by atoms with Gasteiger partial charge in [-0.3, -0.25) is 9.59 Å². The third-order valence-electron chi connectivity index (χ3n) is 3.27. The van der Waals surface area contributed by atoms with Gasteiger partial charge >= 0.3 is 11.9 Å². The molecular formula is C13H13NO5. The fourth-order valence-corrected chi connectivity index (χ4v) is 2.48. The zero-order valence-corrected chi connectivity index (χ0v) is 9.95. The highest BCUT2D eigenvalue weighted by molar-refractivity contribution is 5.94. The average molecular weight is 263 g/mol. The number of rotatable bonds is 4. The Hall–Kier alpha value is -2.37. The minimum atomic E-state index is -1.21.